The number of amides is 2. The lowest BCUT2D eigenvalue weighted by atomic mass is 9.99. The number of nitrogens with zero attached hydrogens (tertiary/aromatic N) is 3. The Morgan fingerprint density at radius 3 is 2.72 bits per heavy atom. The number of carbonyl (C=O) groups is 1. The van der Waals surface area contributed by atoms with Crippen molar-refractivity contribution in [2.24, 2.45) is 7.05 Å². The summed E-state index contributed by atoms with van der Waals surface area (Å²) in [5, 5.41) is 7.11. The van der Waals surface area contributed by atoms with Crippen LogP contribution >= 0.6 is 0 Å². The average molecular weight is 340 g/mol. The first kappa shape index (κ1) is 17.1. The van der Waals surface area contributed by atoms with Gasteiger partial charge in [-0.05, 0) is 41.7 Å². The fourth-order valence-electron chi connectivity index (χ4n) is 2.95. The van der Waals surface area contributed by atoms with E-state index in [9.17, 15) is 4.79 Å². The summed E-state index contributed by atoms with van der Waals surface area (Å²) in [5.41, 5.74) is 3.60. The van der Waals surface area contributed by atoms with Crippen molar-refractivity contribution in [2.45, 2.75) is 12.8 Å². The second kappa shape index (κ2) is 7.88. The minimum absolute atomic E-state index is 0.00563. The van der Waals surface area contributed by atoms with Gasteiger partial charge < -0.3 is 15.0 Å². The van der Waals surface area contributed by atoms with Gasteiger partial charge in [0.25, 0.3) is 0 Å². The number of urea groups is 1. The maximum Gasteiger partial charge on any atom is 0.317 e. The molecule has 132 valence electrons. The normalized spacial score (nSPS) is 14.2. The van der Waals surface area contributed by atoms with Crippen LogP contribution in [0.3, 0.4) is 0 Å². The quantitative estimate of drug-likeness (QED) is 0.910. The van der Waals surface area contributed by atoms with Gasteiger partial charge in [0.05, 0.1) is 13.3 Å². The van der Waals surface area contributed by atoms with E-state index in [0.717, 1.165) is 30.7 Å². The Balaban J connectivity index is 1.48. The lowest BCUT2D eigenvalue weighted by Crippen LogP contribution is -2.42. The first-order valence-corrected chi connectivity index (χ1v) is 8.49. The summed E-state index contributed by atoms with van der Waals surface area (Å²) < 4.78 is 6.96. The van der Waals surface area contributed by atoms with Gasteiger partial charge in [-0.2, -0.15) is 5.10 Å². The number of hydrogen-bond acceptors (Lipinski definition) is 3. The number of carbonyl (C=O) groups excluding carboxylic acids is 1. The highest BCUT2D eigenvalue weighted by Crippen LogP contribution is 2.24. The van der Waals surface area contributed by atoms with Crippen LogP contribution in [0.5, 0.6) is 5.75 Å². The minimum Gasteiger partial charge on any atom is -0.497 e. The molecule has 0 saturated heterocycles. The summed E-state index contributed by atoms with van der Waals surface area (Å²) in [5.74, 6) is 0.856. The molecule has 0 unspecified atom stereocenters. The molecule has 1 aromatic heterocycles. The third kappa shape index (κ3) is 4.41. The number of hydrogen-bond donors (Lipinski definition) is 1. The van der Waals surface area contributed by atoms with Gasteiger partial charge in [-0.1, -0.05) is 18.2 Å². The van der Waals surface area contributed by atoms with E-state index in [-0.39, 0.29) is 6.03 Å². The van der Waals surface area contributed by atoms with E-state index in [2.05, 4.69) is 28.6 Å². The summed E-state index contributed by atoms with van der Waals surface area (Å²) in [6.07, 6.45) is 7.59. The van der Waals surface area contributed by atoms with E-state index in [0.29, 0.717) is 13.1 Å². The number of aryl methyl sites for hydroxylation is 1. The maximum absolute atomic E-state index is 12.3. The van der Waals surface area contributed by atoms with Crippen LogP contribution in [0.4, 0.5) is 4.79 Å². The predicted molar refractivity (Wildman–Crippen MR) is 97.5 cm³/mol. The zero-order chi connectivity index (χ0) is 17.6. The highest BCUT2D eigenvalue weighted by Gasteiger charge is 2.17. The first-order chi connectivity index (χ1) is 12.2. The molecular weight excluding hydrogens is 316 g/mol. The van der Waals surface area contributed by atoms with Crippen LogP contribution in [0.15, 0.2) is 42.7 Å². The molecule has 1 aliphatic rings. The second-order valence-corrected chi connectivity index (χ2v) is 6.16. The Kier molecular flexibility index (Phi) is 5.38. The number of nitrogens with one attached hydrogen (secondary N) is 1. The molecule has 2 heterocycles. The fourth-order valence-corrected chi connectivity index (χ4v) is 2.95. The van der Waals surface area contributed by atoms with Crippen molar-refractivity contribution in [3.8, 4) is 5.75 Å². The molecule has 0 radical (unpaired) electrons. The van der Waals surface area contributed by atoms with Crippen molar-refractivity contribution < 1.29 is 9.53 Å². The summed E-state index contributed by atoms with van der Waals surface area (Å²) >= 11 is 0. The summed E-state index contributed by atoms with van der Waals surface area (Å²) in [4.78, 5) is 14.1. The Bertz CT molecular complexity index is 749. The van der Waals surface area contributed by atoms with E-state index < -0.39 is 0 Å². The van der Waals surface area contributed by atoms with Crippen LogP contribution in [0.25, 0.3) is 5.57 Å². The first-order valence-electron chi connectivity index (χ1n) is 8.49. The van der Waals surface area contributed by atoms with Gasteiger partial charge in [0.1, 0.15) is 5.75 Å². The molecule has 2 amide bonds. The molecular formula is C19H24N4O2. The molecule has 1 N–H and O–H groups in total. The van der Waals surface area contributed by atoms with Crippen LogP contribution in [0.1, 0.15) is 17.5 Å². The number of aromatic nitrogens is 2. The number of rotatable bonds is 5. The predicted octanol–water partition coefficient (Wildman–Crippen LogP) is 2.47. The van der Waals surface area contributed by atoms with E-state index in [4.69, 9.17) is 4.74 Å². The lowest BCUT2D eigenvalue weighted by molar-refractivity contribution is 0.203. The van der Waals surface area contributed by atoms with Crippen LogP contribution in [0.2, 0.25) is 0 Å². The van der Waals surface area contributed by atoms with Gasteiger partial charge in [-0.15, -0.1) is 0 Å². The monoisotopic (exact) mass is 340 g/mol. The Morgan fingerprint density at radius 2 is 2.12 bits per heavy atom. The average Bonchev–Trinajstić information content (AvgIpc) is 3.07. The third-order valence-electron chi connectivity index (χ3n) is 4.41. The summed E-state index contributed by atoms with van der Waals surface area (Å²) in [6, 6.07) is 8.05. The molecule has 2 aromatic rings. The molecule has 0 atom stereocenters. The molecule has 0 saturated carbocycles. The van der Waals surface area contributed by atoms with Crippen molar-refractivity contribution in [2.75, 3.05) is 26.7 Å². The third-order valence-corrected chi connectivity index (χ3v) is 4.41. The molecule has 3 rings (SSSR count). The van der Waals surface area contributed by atoms with Crippen molar-refractivity contribution in [1.82, 2.24) is 20.0 Å². The molecule has 25 heavy (non-hydrogen) atoms. The summed E-state index contributed by atoms with van der Waals surface area (Å²) in [7, 11) is 3.56. The second-order valence-electron chi connectivity index (χ2n) is 6.16. The summed E-state index contributed by atoms with van der Waals surface area (Å²) in [6.45, 7) is 1.99. The van der Waals surface area contributed by atoms with E-state index in [1.807, 2.05) is 36.5 Å². The zero-order valence-corrected chi connectivity index (χ0v) is 14.7. The molecule has 0 aliphatic carbocycles. The highest BCUT2D eigenvalue weighted by molar-refractivity contribution is 5.76. The number of ether oxygens (including phenoxy) is 1. The molecule has 0 spiro atoms. The Hall–Kier alpha value is -2.76. The molecule has 0 fully saturated rings. The largest absolute Gasteiger partial charge is 0.497 e. The lowest BCUT2D eigenvalue weighted by Gasteiger charge is -2.27. The van der Waals surface area contributed by atoms with E-state index >= 15 is 0 Å². The number of methoxy groups -OCH3 is 1. The Labute approximate surface area is 148 Å². The molecule has 1 aromatic carbocycles. The fraction of sp³-hybridized carbons (Fsp3) is 0.368. The standard InChI is InChI=1S/C19H24N4O2/c1-22-14-15(13-21-22)7-10-20-19(24)23-11-8-17(9-12-23)16-3-5-18(25-2)6-4-16/h3-6,8,13-14H,7,9-12H2,1-2H3,(H,20,24). The zero-order valence-electron chi connectivity index (χ0n) is 14.7. The SMILES string of the molecule is COc1ccc(C2=CCN(C(=O)NCCc3cnn(C)c3)CC2)cc1. The Morgan fingerprint density at radius 1 is 1.32 bits per heavy atom. The van der Waals surface area contributed by atoms with Crippen LogP contribution in [-0.4, -0.2) is 47.5 Å². The smallest absolute Gasteiger partial charge is 0.317 e. The van der Waals surface area contributed by atoms with Crippen molar-refractivity contribution in [1.29, 1.82) is 0 Å². The van der Waals surface area contributed by atoms with Crippen LogP contribution in [0, 0.1) is 0 Å². The molecule has 1 aliphatic heterocycles. The molecule has 0 bridgehead atoms. The van der Waals surface area contributed by atoms with Gasteiger partial charge in [0.15, 0.2) is 0 Å². The minimum atomic E-state index is -0.00563. The molecule has 6 heteroatoms. The van der Waals surface area contributed by atoms with E-state index in [1.165, 1.54) is 11.1 Å². The van der Waals surface area contributed by atoms with Crippen molar-refractivity contribution in [3.05, 3.63) is 53.9 Å². The van der Waals surface area contributed by atoms with E-state index in [1.54, 1.807) is 11.8 Å². The number of benzene rings is 1. The van der Waals surface area contributed by atoms with Gasteiger partial charge >= 0.3 is 6.03 Å². The van der Waals surface area contributed by atoms with Crippen molar-refractivity contribution >= 4 is 11.6 Å². The van der Waals surface area contributed by atoms with Gasteiger partial charge in [0, 0.05) is 32.9 Å². The molecule has 6 nitrogen and oxygen atoms in total. The highest BCUT2D eigenvalue weighted by atomic mass is 16.5. The van der Waals surface area contributed by atoms with Gasteiger partial charge in [-0.3, -0.25) is 4.68 Å². The van der Waals surface area contributed by atoms with Crippen LogP contribution in [-0.2, 0) is 13.5 Å². The maximum atomic E-state index is 12.3. The van der Waals surface area contributed by atoms with Crippen LogP contribution < -0.4 is 10.1 Å². The van der Waals surface area contributed by atoms with Gasteiger partial charge in [-0.25, -0.2) is 4.79 Å². The van der Waals surface area contributed by atoms with Crippen molar-refractivity contribution in [3.63, 3.8) is 0 Å². The van der Waals surface area contributed by atoms with Gasteiger partial charge in [0.2, 0.25) is 0 Å². The topological polar surface area (TPSA) is 59.4 Å².